The highest BCUT2D eigenvalue weighted by molar-refractivity contribution is 5.76. The van der Waals surface area contributed by atoms with Gasteiger partial charge in [-0.05, 0) is 25.5 Å². The Morgan fingerprint density at radius 1 is 1.43 bits per heavy atom. The number of hydrogen-bond acceptors (Lipinski definition) is 4. The van der Waals surface area contributed by atoms with E-state index < -0.39 is 0 Å². The van der Waals surface area contributed by atoms with Gasteiger partial charge in [0.2, 0.25) is 5.91 Å². The van der Waals surface area contributed by atoms with Gasteiger partial charge in [-0.15, -0.1) is 0 Å². The lowest BCUT2D eigenvalue weighted by atomic mass is 10.2. The molecule has 1 saturated heterocycles. The first kappa shape index (κ1) is 15.8. The monoisotopic (exact) mass is 293 g/mol. The van der Waals surface area contributed by atoms with Crippen LogP contribution < -0.4 is 4.74 Å². The minimum absolute atomic E-state index is 0.0391. The fourth-order valence-corrected chi connectivity index (χ4v) is 2.47. The van der Waals surface area contributed by atoms with Crippen LogP contribution in [-0.2, 0) is 9.53 Å². The molecule has 0 aliphatic carbocycles. The average molecular weight is 293 g/mol. The number of carbonyl (C=O) groups excluding carboxylic acids is 1. The van der Waals surface area contributed by atoms with Gasteiger partial charge in [-0.1, -0.05) is 18.2 Å². The van der Waals surface area contributed by atoms with E-state index in [1.807, 2.05) is 38.1 Å². The molecule has 0 aromatic heterocycles. The first-order valence-electron chi connectivity index (χ1n) is 7.32. The molecule has 1 fully saturated rings. The van der Waals surface area contributed by atoms with Crippen LogP contribution in [0.4, 0.5) is 0 Å². The first-order chi connectivity index (χ1) is 10.1. The summed E-state index contributed by atoms with van der Waals surface area (Å²) >= 11 is 0. The van der Waals surface area contributed by atoms with Crippen molar-refractivity contribution < 1.29 is 19.4 Å². The van der Waals surface area contributed by atoms with E-state index in [4.69, 9.17) is 9.47 Å². The number of morpholine rings is 1. The number of rotatable bonds is 5. The molecule has 1 heterocycles. The molecule has 1 aromatic carbocycles. The van der Waals surface area contributed by atoms with Gasteiger partial charge in [0.25, 0.3) is 0 Å². The topological polar surface area (TPSA) is 59.0 Å². The Labute approximate surface area is 125 Å². The predicted octanol–water partition coefficient (Wildman–Crippen LogP) is 1.37. The van der Waals surface area contributed by atoms with Crippen molar-refractivity contribution >= 4 is 5.91 Å². The Balaban J connectivity index is 1.80. The van der Waals surface area contributed by atoms with Crippen LogP contribution in [0.5, 0.6) is 5.75 Å². The molecule has 0 bridgehead atoms. The van der Waals surface area contributed by atoms with Gasteiger partial charge >= 0.3 is 0 Å². The molecular formula is C16H23NO4. The summed E-state index contributed by atoms with van der Waals surface area (Å²) in [5, 5.41) is 9.18. The van der Waals surface area contributed by atoms with Gasteiger partial charge < -0.3 is 19.5 Å². The van der Waals surface area contributed by atoms with Crippen LogP contribution in [0, 0.1) is 6.92 Å². The van der Waals surface area contributed by atoms with Crippen LogP contribution in [-0.4, -0.2) is 54.4 Å². The van der Waals surface area contributed by atoms with Gasteiger partial charge in [-0.25, -0.2) is 0 Å². The minimum atomic E-state index is -0.282. The predicted molar refractivity (Wildman–Crippen MR) is 79.3 cm³/mol. The molecule has 1 aliphatic heterocycles. The summed E-state index contributed by atoms with van der Waals surface area (Å²) in [4.78, 5) is 13.9. The van der Waals surface area contributed by atoms with Crippen LogP contribution in [0.3, 0.4) is 0 Å². The summed E-state index contributed by atoms with van der Waals surface area (Å²) in [6, 6.07) is 7.75. The third kappa shape index (κ3) is 4.44. The van der Waals surface area contributed by atoms with Gasteiger partial charge in [-0.2, -0.15) is 0 Å². The molecule has 116 valence electrons. The third-order valence-corrected chi connectivity index (χ3v) is 3.55. The zero-order chi connectivity index (χ0) is 15.2. The number of aliphatic hydroxyl groups excluding tert-OH is 1. The van der Waals surface area contributed by atoms with Crippen molar-refractivity contribution in [1.82, 2.24) is 4.90 Å². The fourth-order valence-electron chi connectivity index (χ4n) is 2.47. The highest BCUT2D eigenvalue weighted by atomic mass is 16.5. The Bertz CT molecular complexity index is 477. The fraction of sp³-hybridized carbons (Fsp3) is 0.562. The second-order valence-corrected chi connectivity index (χ2v) is 5.41. The van der Waals surface area contributed by atoms with Crippen molar-refractivity contribution in [1.29, 1.82) is 0 Å². The Kier molecular flexibility index (Phi) is 5.59. The number of benzene rings is 1. The van der Waals surface area contributed by atoms with Crippen LogP contribution in [0.15, 0.2) is 24.3 Å². The van der Waals surface area contributed by atoms with E-state index in [1.165, 1.54) is 0 Å². The lowest BCUT2D eigenvalue weighted by Gasteiger charge is -2.36. The second kappa shape index (κ2) is 7.43. The molecule has 21 heavy (non-hydrogen) atoms. The van der Waals surface area contributed by atoms with Crippen molar-refractivity contribution in [3.8, 4) is 5.75 Å². The SMILES string of the molecule is Cc1ccccc1OCCC(=O)N1CC(C)OC(CO)C1. The normalized spacial score (nSPS) is 22.1. The summed E-state index contributed by atoms with van der Waals surface area (Å²) in [5.41, 5.74) is 1.06. The van der Waals surface area contributed by atoms with Crippen molar-refractivity contribution in [2.24, 2.45) is 0 Å². The quantitative estimate of drug-likeness (QED) is 0.891. The molecule has 2 atom stereocenters. The van der Waals surface area contributed by atoms with Crippen LogP contribution in [0.1, 0.15) is 18.9 Å². The maximum atomic E-state index is 12.2. The molecule has 1 amide bonds. The largest absolute Gasteiger partial charge is 0.493 e. The van der Waals surface area contributed by atoms with E-state index >= 15 is 0 Å². The van der Waals surface area contributed by atoms with Crippen molar-refractivity contribution in [2.75, 3.05) is 26.3 Å². The molecule has 5 heteroatoms. The Hall–Kier alpha value is -1.59. The smallest absolute Gasteiger partial charge is 0.226 e. The van der Waals surface area contributed by atoms with E-state index in [0.717, 1.165) is 11.3 Å². The van der Waals surface area contributed by atoms with Gasteiger partial charge in [0, 0.05) is 13.1 Å². The number of nitrogens with zero attached hydrogens (tertiary/aromatic N) is 1. The summed E-state index contributed by atoms with van der Waals surface area (Å²) < 4.78 is 11.2. The molecule has 2 rings (SSSR count). The van der Waals surface area contributed by atoms with Gasteiger partial charge in [-0.3, -0.25) is 4.79 Å². The highest BCUT2D eigenvalue weighted by Crippen LogP contribution is 2.17. The maximum absolute atomic E-state index is 12.2. The first-order valence-corrected chi connectivity index (χ1v) is 7.32. The summed E-state index contributed by atoms with van der Waals surface area (Å²) in [6.07, 6.45) is 0.00580. The Morgan fingerprint density at radius 3 is 2.90 bits per heavy atom. The molecule has 5 nitrogen and oxygen atoms in total. The number of amides is 1. The average Bonchev–Trinajstić information content (AvgIpc) is 2.48. The number of aliphatic hydroxyl groups is 1. The number of ether oxygens (including phenoxy) is 2. The zero-order valence-electron chi connectivity index (χ0n) is 12.6. The van der Waals surface area contributed by atoms with Gasteiger partial charge in [0.1, 0.15) is 5.75 Å². The molecule has 2 unspecified atom stereocenters. The van der Waals surface area contributed by atoms with E-state index in [1.54, 1.807) is 4.90 Å². The van der Waals surface area contributed by atoms with E-state index in [9.17, 15) is 9.90 Å². The van der Waals surface area contributed by atoms with Gasteiger partial charge in [0.05, 0.1) is 31.8 Å². The maximum Gasteiger partial charge on any atom is 0.226 e. The van der Waals surface area contributed by atoms with Crippen LogP contribution in [0.25, 0.3) is 0 Å². The van der Waals surface area contributed by atoms with E-state index in [2.05, 4.69) is 0 Å². The zero-order valence-corrected chi connectivity index (χ0v) is 12.6. The Morgan fingerprint density at radius 2 is 2.19 bits per heavy atom. The van der Waals surface area contributed by atoms with Crippen molar-refractivity contribution in [3.63, 3.8) is 0 Å². The highest BCUT2D eigenvalue weighted by Gasteiger charge is 2.27. The lowest BCUT2D eigenvalue weighted by molar-refractivity contribution is -0.147. The van der Waals surface area contributed by atoms with E-state index in [-0.39, 0.29) is 24.7 Å². The van der Waals surface area contributed by atoms with Crippen molar-refractivity contribution in [2.45, 2.75) is 32.5 Å². The van der Waals surface area contributed by atoms with Gasteiger partial charge in [0.15, 0.2) is 0 Å². The van der Waals surface area contributed by atoms with E-state index in [0.29, 0.717) is 26.1 Å². The number of carbonyl (C=O) groups is 1. The summed E-state index contributed by atoms with van der Waals surface area (Å²) in [6.45, 7) is 5.20. The number of para-hydroxylation sites is 1. The number of hydrogen-bond donors (Lipinski definition) is 1. The molecule has 1 N–H and O–H groups in total. The molecular weight excluding hydrogens is 270 g/mol. The molecule has 0 saturated carbocycles. The third-order valence-electron chi connectivity index (χ3n) is 3.55. The molecule has 1 aliphatic rings. The minimum Gasteiger partial charge on any atom is -0.493 e. The second-order valence-electron chi connectivity index (χ2n) is 5.41. The molecule has 0 spiro atoms. The van der Waals surface area contributed by atoms with Crippen LogP contribution in [0.2, 0.25) is 0 Å². The summed E-state index contributed by atoms with van der Waals surface area (Å²) in [5.74, 6) is 0.853. The van der Waals surface area contributed by atoms with Crippen LogP contribution >= 0.6 is 0 Å². The molecule has 0 radical (unpaired) electrons. The standard InChI is InChI=1S/C16H23NO4/c1-12-5-3-4-6-15(12)20-8-7-16(19)17-9-13(2)21-14(10-17)11-18/h3-6,13-14,18H,7-11H2,1-2H3. The number of aryl methyl sites for hydroxylation is 1. The molecule has 1 aromatic rings. The summed E-state index contributed by atoms with van der Waals surface area (Å²) in [7, 11) is 0. The van der Waals surface area contributed by atoms with Crippen molar-refractivity contribution in [3.05, 3.63) is 29.8 Å². The lowest BCUT2D eigenvalue weighted by Crippen LogP contribution is -2.50.